The first-order valence-corrected chi connectivity index (χ1v) is 9.35. The molecule has 3 aromatic rings. The van der Waals surface area contributed by atoms with Gasteiger partial charge in [-0.25, -0.2) is 4.98 Å². The highest BCUT2D eigenvalue weighted by Crippen LogP contribution is 2.33. The average Bonchev–Trinajstić information content (AvgIpc) is 3.27. The van der Waals surface area contributed by atoms with E-state index in [0.717, 1.165) is 41.0 Å². The fourth-order valence-electron chi connectivity index (χ4n) is 3.18. The molecule has 2 aromatic heterocycles. The predicted octanol–water partition coefficient (Wildman–Crippen LogP) is 3.97. The SMILES string of the molecule is Clc1ccccc1-c1csc(N2CCCC(Cn3ccnn3)C2)n1. The third-order valence-corrected chi connectivity index (χ3v) is 5.58. The molecular formula is C17H18ClN5S. The molecule has 1 aliphatic heterocycles. The number of benzene rings is 1. The van der Waals surface area contributed by atoms with Crippen LogP contribution in [-0.2, 0) is 6.54 Å². The van der Waals surface area contributed by atoms with Gasteiger partial charge in [0.15, 0.2) is 5.13 Å². The molecule has 4 rings (SSSR count). The summed E-state index contributed by atoms with van der Waals surface area (Å²) >= 11 is 7.98. The minimum Gasteiger partial charge on any atom is -0.348 e. The van der Waals surface area contributed by atoms with Crippen LogP contribution in [-0.4, -0.2) is 33.1 Å². The van der Waals surface area contributed by atoms with Gasteiger partial charge in [-0.05, 0) is 24.8 Å². The summed E-state index contributed by atoms with van der Waals surface area (Å²) in [6.07, 6.45) is 6.06. The van der Waals surface area contributed by atoms with Crippen molar-refractivity contribution in [2.24, 2.45) is 5.92 Å². The van der Waals surface area contributed by atoms with Gasteiger partial charge in [-0.3, -0.25) is 4.68 Å². The topological polar surface area (TPSA) is 46.8 Å². The van der Waals surface area contributed by atoms with E-state index in [4.69, 9.17) is 16.6 Å². The van der Waals surface area contributed by atoms with E-state index in [1.165, 1.54) is 12.8 Å². The van der Waals surface area contributed by atoms with Gasteiger partial charge in [0, 0.05) is 41.8 Å². The summed E-state index contributed by atoms with van der Waals surface area (Å²) in [6, 6.07) is 7.86. The van der Waals surface area contributed by atoms with Crippen LogP contribution in [0.2, 0.25) is 5.02 Å². The molecule has 0 radical (unpaired) electrons. The van der Waals surface area contributed by atoms with Crippen LogP contribution in [0.1, 0.15) is 12.8 Å². The van der Waals surface area contributed by atoms with Crippen LogP contribution in [0.15, 0.2) is 42.0 Å². The second kappa shape index (κ2) is 6.91. The molecule has 124 valence electrons. The smallest absolute Gasteiger partial charge is 0.185 e. The van der Waals surface area contributed by atoms with Gasteiger partial charge in [-0.2, -0.15) is 0 Å². The largest absolute Gasteiger partial charge is 0.348 e. The summed E-state index contributed by atoms with van der Waals surface area (Å²) < 4.78 is 1.92. The van der Waals surface area contributed by atoms with Crippen molar-refractivity contribution in [2.45, 2.75) is 19.4 Å². The Labute approximate surface area is 149 Å². The highest BCUT2D eigenvalue weighted by Gasteiger charge is 2.23. The first kappa shape index (κ1) is 15.6. The molecule has 24 heavy (non-hydrogen) atoms. The summed E-state index contributed by atoms with van der Waals surface area (Å²) in [4.78, 5) is 7.21. The van der Waals surface area contributed by atoms with Crippen LogP contribution in [0.3, 0.4) is 0 Å². The zero-order valence-corrected chi connectivity index (χ0v) is 14.7. The predicted molar refractivity (Wildman–Crippen MR) is 97.5 cm³/mol. The van der Waals surface area contributed by atoms with Gasteiger partial charge in [-0.1, -0.05) is 35.0 Å². The second-order valence-corrected chi connectivity index (χ2v) is 7.32. The highest BCUT2D eigenvalue weighted by atomic mass is 35.5. The van der Waals surface area contributed by atoms with Crippen molar-refractivity contribution in [3.63, 3.8) is 0 Å². The molecule has 5 nitrogen and oxygen atoms in total. The van der Waals surface area contributed by atoms with Gasteiger partial charge in [0.25, 0.3) is 0 Å². The first-order chi connectivity index (χ1) is 11.8. The van der Waals surface area contributed by atoms with Crippen LogP contribution in [0, 0.1) is 5.92 Å². The molecule has 0 spiro atoms. The van der Waals surface area contributed by atoms with Crippen molar-refractivity contribution in [2.75, 3.05) is 18.0 Å². The molecule has 1 unspecified atom stereocenters. The van der Waals surface area contributed by atoms with Crippen molar-refractivity contribution in [3.8, 4) is 11.3 Å². The summed E-state index contributed by atoms with van der Waals surface area (Å²) in [7, 11) is 0. The quantitative estimate of drug-likeness (QED) is 0.707. The zero-order chi connectivity index (χ0) is 16.4. The Kier molecular flexibility index (Phi) is 4.49. The lowest BCUT2D eigenvalue weighted by molar-refractivity contribution is 0.348. The van der Waals surface area contributed by atoms with Crippen LogP contribution in [0.4, 0.5) is 5.13 Å². The van der Waals surface area contributed by atoms with Gasteiger partial charge in [-0.15, -0.1) is 16.4 Å². The average molecular weight is 360 g/mol. The maximum Gasteiger partial charge on any atom is 0.185 e. The summed E-state index contributed by atoms with van der Waals surface area (Å²) in [5, 5.41) is 11.9. The third kappa shape index (κ3) is 3.30. The summed E-state index contributed by atoms with van der Waals surface area (Å²) in [5.74, 6) is 0.577. The lowest BCUT2D eigenvalue weighted by Gasteiger charge is -2.32. The number of aromatic nitrogens is 4. The maximum atomic E-state index is 6.29. The molecule has 0 amide bonds. The molecule has 1 aliphatic rings. The van der Waals surface area contributed by atoms with Gasteiger partial charge in [0.1, 0.15) is 0 Å². The third-order valence-electron chi connectivity index (χ3n) is 4.35. The van der Waals surface area contributed by atoms with Gasteiger partial charge in [0.05, 0.1) is 11.9 Å². The number of piperidine rings is 1. The second-order valence-electron chi connectivity index (χ2n) is 6.07. The van der Waals surface area contributed by atoms with Crippen LogP contribution < -0.4 is 4.90 Å². The highest BCUT2D eigenvalue weighted by molar-refractivity contribution is 7.14. The summed E-state index contributed by atoms with van der Waals surface area (Å²) in [5.41, 5.74) is 1.96. The van der Waals surface area contributed by atoms with E-state index in [1.807, 2.05) is 35.1 Å². The molecule has 3 heterocycles. The minimum absolute atomic E-state index is 0.577. The lowest BCUT2D eigenvalue weighted by Crippen LogP contribution is -2.37. The van der Waals surface area contributed by atoms with E-state index in [0.29, 0.717) is 5.92 Å². The molecular weight excluding hydrogens is 342 g/mol. The number of anilines is 1. The molecule has 7 heteroatoms. The Morgan fingerprint density at radius 3 is 3.04 bits per heavy atom. The Bertz CT molecular complexity index is 801. The van der Waals surface area contributed by atoms with Gasteiger partial charge in [0.2, 0.25) is 0 Å². The first-order valence-electron chi connectivity index (χ1n) is 8.09. The van der Waals surface area contributed by atoms with Crippen LogP contribution >= 0.6 is 22.9 Å². The molecule has 1 aromatic carbocycles. The van der Waals surface area contributed by atoms with Gasteiger partial charge >= 0.3 is 0 Å². The molecule has 1 saturated heterocycles. The lowest BCUT2D eigenvalue weighted by atomic mass is 9.98. The number of nitrogens with zero attached hydrogens (tertiary/aromatic N) is 5. The molecule has 0 bridgehead atoms. The van der Waals surface area contributed by atoms with Gasteiger partial charge < -0.3 is 4.90 Å². The minimum atomic E-state index is 0.577. The summed E-state index contributed by atoms with van der Waals surface area (Å²) in [6.45, 7) is 2.98. The fourth-order valence-corrected chi connectivity index (χ4v) is 4.28. The molecule has 1 atom stereocenters. The Hall–Kier alpha value is -1.92. The number of rotatable bonds is 4. The van der Waals surface area contributed by atoms with Crippen molar-refractivity contribution >= 4 is 28.1 Å². The normalized spacial score (nSPS) is 18.0. The van der Waals surface area contributed by atoms with Crippen LogP contribution in [0.25, 0.3) is 11.3 Å². The molecule has 0 saturated carbocycles. The Morgan fingerprint density at radius 1 is 1.29 bits per heavy atom. The molecule has 1 fully saturated rings. The standard InChI is InChI=1S/C17H18ClN5S/c18-15-6-2-1-5-14(15)16-12-24-17(20-16)22-8-3-4-13(10-22)11-23-9-7-19-21-23/h1-2,5-7,9,12-13H,3-4,8,10-11H2. The van der Waals surface area contributed by atoms with E-state index in [1.54, 1.807) is 17.5 Å². The van der Waals surface area contributed by atoms with E-state index in [2.05, 4.69) is 20.6 Å². The van der Waals surface area contributed by atoms with E-state index in [9.17, 15) is 0 Å². The number of hydrogen-bond donors (Lipinski definition) is 0. The monoisotopic (exact) mass is 359 g/mol. The van der Waals surface area contributed by atoms with Crippen LogP contribution in [0.5, 0.6) is 0 Å². The number of thiazole rings is 1. The zero-order valence-electron chi connectivity index (χ0n) is 13.2. The molecule has 0 aliphatic carbocycles. The Balaban J connectivity index is 1.49. The fraction of sp³-hybridized carbons (Fsp3) is 0.353. The van der Waals surface area contributed by atoms with Crippen molar-refractivity contribution < 1.29 is 0 Å². The van der Waals surface area contributed by atoms with Crippen molar-refractivity contribution in [3.05, 3.63) is 47.1 Å². The Morgan fingerprint density at radius 2 is 2.21 bits per heavy atom. The number of hydrogen-bond acceptors (Lipinski definition) is 5. The maximum absolute atomic E-state index is 6.29. The van der Waals surface area contributed by atoms with E-state index in [-0.39, 0.29) is 0 Å². The van der Waals surface area contributed by atoms with E-state index < -0.39 is 0 Å². The number of halogens is 1. The molecule has 0 N–H and O–H groups in total. The van der Waals surface area contributed by atoms with Crippen molar-refractivity contribution in [1.82, 2.24) is 20.0 Å². The van der Waals surface area contributed by atoms with Crippen molar-refractivity contribution in [1.29, 1.82) is 0 Å². The van der Waals surface area contributed by atoms with E-state index >= 15 is 0 Å².